The van der Waals surface area contributed by atoms with Crippen LogP contribution in [0, 0.1) is 11.3 Å². The Bertz CT molecular complexity index is 787. The summed E-state index contributed by atoms with van der Waals surface area (Å²) in [7, 11) is 0. The predicted octanol–water partition coefficient (Wildman–Crippen LogP) is 3.46. The lowest BCUT2D eigenvalue weighted by molar-refractivity contribution is 0.880. The molecule has 1 aromatic carbocycles. The Balaban J connectivity index is 2.21. The second-order valence-electron chi connectivity index (χ2n) is 4.16. The van der Waals surface area contributed by atoms with Gasteiger partial charge in [-0.2, -0.15) is 10.4 Å². The smallest absolute Gasteiger partial charge is 0.163 e. The first-order chi connectivity index (χ1) is 9.78. The minimum atomic E-state index is 0.351. The number of rotatable bonds is 2. The molecule has 0 unspecified atom stereocenters. The number of hydrogen-bond acceptors (Lipinski definition) is 3. The molecule has 0 aliphatic carbocycles. The number of halogens is 1. The highest BCUT2D eigenvalue weighted by molar-refractivity contribution is 6.30. The third kappa shape index (κ3) is 2.27. The minimum absolute atomic E-state index is 0.351. The zero-order valence-corrected chi connectivity index (χ0v) is 11.1. The lowest BCUT2D eigenvalue weighted by Crippen LogP contribution is -1.99. The summed E-state index contributed by atoms with van der Waals surface area (Å²) in [6.45, 7) is 0. The quantitative estimate of drug-likeness (QED) is 0.722. The fourth-order valence-electron chi connectivity index (χ4n) is 1.96. The van der Waals surface area contributed by atoms with Crippen molar-refractivity contribution in [2.24, 2.45) is 0 Å². The van der Waals surface area contributed by atoms with Crippen LogP contribution in [0.4, 0.5) is 0 Å². The molecule has 0 aliphatic rings. The fourth-order valence-corrected chi connectivity index (χ4v) is 2.14. The lowest BCUT2D eigenvalue weighted by Gasteiger charge is -2.07. The maximum Gasteiger partial charge on any atom is 0.163 e. The van der Waals surface area contributed by atoms with Gasteiger partial charge in [-0.05, 0) is 30.3 Å². The molecule has 0 fully saturated rings. The topological polar surface area (TPSA) is 54.5 Å². The molecule has 0 saturated heterocycles. The van der Waals surface area contributed by atoms with Gasteiger partial charge in [0.15, 0.2) is 5.69 Å². The van der Waals surface area contributed by atoms with Crippen molar-refractivity contribution in [3.63, 3.8) is 0 Å². The molecular formula is C15H9ClN4. The average Bonchev–Trinajstić information content (AvgIpc) is 2.92. The van der Waals surface area contributed by atoms with Crippen LogP contribution in [0.25, 0.3) is 16.9 Å². The number of aromatic nitrogens is 3. The van der Waals surface area contributed by atoms with Crippen molar-refractivity contribution in [2.45, 2.75) is 0 Å². The molecule has 0 aliphatic heterocycles. The Labute approximate surface area is 120 Å². The van der Waals surface area contributed by atoms with Gasteiger partial charge in [0.1, 0.15) is 6.07 Å². The molecule has 5 heteroatoms. The Morgan fingerprint density at radius 1 is 1.15 bits per heavy atom. The normalized spacial score (nSPS) is 10.2. The Morgan fingerprint density at radius 2 is 2.05 bits per heavy atom. The summed E-state index contributed by atoms with van der Waals surface area (Å²) in [6.07, 6.45) is 3.44. The molecule has 0 saturated carbocycles. The standard InChI is InChI=1S/C15H9ClN4/c16-12-4-1-5-14(7-12)20-15(8-13(9-17)19-20)11-3-2-6-18-10-11/h1-8,10H. The molecule has 4 nitrogen and oxygen atoms in total. The summed E-state index contributed by atoms with van der Waals surface area (Å²) >= 11 is 6.02. The minimum Gasteiger partial charge on any atom is -0.264 e. The van der Waals surface area contributed by atoms with Crippen LogP contribution in [-0.2, 0) is 0 Å². The first kappa shape index (κ1) is 12.4. The highest BCUT2D eigenvalue weighted by Gasteiger charge is 2.11. The second kappa shape index (κ2) is 5.16. The van der Waals surface area contributed by atoms with Crippen LogP contribution in [0.15, 0.2) is 54.9 Å². The zero-order chi connectivity index (χ0) is 13.9. The first-order valence-electron chi connectivity index (χ1n) is 5.94. The number of benzene rings is 1. The van der Waals surface area contributed by atoms with Gasteiger partial charge in [-0.25, -0.2) is 4.68 Å². The van der Waals surface area contributed by atoms with Gasteiger partial charge >= 0.3 is 0 Å². The molecule has 3 aromatic rings. The van der Waals surface area contributed by atoms with Gasteiger partial charge in [-0.15, -0.1) is 0 Å². The van der Waals surface area contributed by atoms with Gasteiger partial charge in [0.05, 0.1) is 11.4 Å². The van der Waals surface area contributed by atoms with Crippen molar-refractivity contribution in [3.05, 3.63) is 65.6 Å². The lowest BCUT2D eigenvalue weighted by atomic mass is 10.2. The van der Waals surface area contributed by atoms with Crippen molar-refractivity contribution in [1.29, 1.82) is 5.26 Å². The van der Waals surface area contributed by atoms with E-state index >= 15 is 0 Å². The van der Waals surface area contributed by atoms with E-state index < -0.39 is 0 Å². The van der Waals surface area contributed by atoms with E-state index in [0.717, 1.165) is 16.9 Å². The van der Waals surface area contributed by atoms with Crippen LogP contribution in [-0.4, -0.2) is 14.8 Å². The van der Waals surface area contributed by atoms with Gasteiger partial charge in [-0.3, -0.25) is 4.98 Å². The van der Waals surface area contributed by atoms with Crippen molar-refractivity contribution < 1.29 is 0 Å². The molecule has 2 heterocycles. The maximum absolute atomic E-state index is 9.06. The molecule has 0 radical (unpaired) electrons. The van der Waals surface area contributed by atoms with E-state index in [4.69, 9.17) is 16.9 Å². The maximum atomic E-state index is 9.06. The van der Waals surface area contributed by atoms with E-state index in [-0.39, 0.29) is 0 Å². The van der Waals surface area contributed by atoms with Crippen LogP contribution < -0.4 is 0 Å². The number of hydrogen-bond donors (Lipinski definition) is 0. The van der Waals surface area contributed by atoms with Gasteiger partial charge in [0.25, 0.3) is 0 Å². The van der Waals surface area contributed by atoms with Crippen LogP contribution in [0.3, 0.4) is 0 Å². The SMILES string of the molecule is N#Cc1cc(-c2cccnc2)n(-c2cccc(Cl)c2)n1. The molecule has 96 valence electrons. The van der Waals surface area contributed by atoms with Crippen molar-refractivity contribution in [3.8, 4) is 23.0 Å². The highest BCUT2D eigenvalue weighted by Crippen LogP contribution is 2.24. The monoisotopic (exact) mass is 280 g/mol. The average molecular weight is 281 g/mol. The molecule has 20 heavy (non-hydrogen) atoms. The van der Waals surface area contributed by atoms with E-state index in [0.29, 0.717) is 10.7 Å². The Hall–Kier alpha value is -2.64. The fraction of sp³-hybridized carbons (Fsp3) is 0. The van der Waals surface area contributed by atoms with E-state index in [9.17, 15) is 0 Å². The predicted molar refractivity (Wildman–Crippen MR) is 76.5 cm³/mol. The third-order valence-electron chi connectivity index (χ3n) is 2.83. The summed E-state index contributed by atoms with van der Waals surface area (Å²) < 4.78 is 1.70. The summed E-state index contributed by atoms with van der Waals surface area (Å²) in [4.78, 5) is 4.10. The Morgan fingerprint density at radius 3 is 2.75 bits per heavy atom. The number of nitriles is 1. The summed E-state index contributed by atoms with van der Waals surface area (Å²) in [5.41, 5.74) is 2.85. The molecular weight excluding hydrogens is 272 g/mol. The van der Waals surface area contributed by atoms with E-state index in [1.807, 2.05) is 24.3 Å². The van der Waals surface area contributed by atoms with E-state index in [1.165, 1.54) is 0 Å². The van der Waals surface area contributed by atoms with Crippen LogP contribution in [0.5, 0.6) is 0 Å². The van der Waals surface area contributed by atoms with Crippen molar-refractivity contribution in [1.82, 2.24) is 14.8 Å². The van der Waals surface area contributed by atoms with Crippen LogP contribution in [0.2, 0.25) is 5.02 Å². The molecule has 0 atom stereocenters. The van der Waals surface area contributed by atoms with E-state index in [1.54, 1.807) is 35.3 Å². The largest absolute Gasteiger partial charge is 0.264 e. The van der Waals surface area contributed by atoms with Crippen LogP contribution >= 0.6 is 11.6 Å². The molecule has 0 spiro atoms. The molecule has 0 bridgehead atoms. The number of nitrogens with zero attached hydrogens (tertiary/aromatic N) is 4. The van der Waals surface area contributed by atoms with Gasteiger partial charge < -0.3 is 0 Å². The first-order valence-corrected chi connectivity index (χ1v) is 6.32. The van der Waals surface area contributed by atoms with Gasteiger partial charge in [0.2, 0.25) is 0 Å². The van der Waals surface area contributed by atoms with Gasteiger partial charge in [-0.1, -0.05) is 17.7 Å². The molecule has 0 amide bonds. The third-order valence-corrected chi connectivity index (χ3v) is 3.07. The van der Waals surface area contributed by atoms with Crippen molar-refractivity contribution in [2.75, 3.05) is 0 Å². The Kier molecular flexibility index (Phi) is 3.20. The highest BCUT2D eigenvalue weighted by atomic mass is 35.5. The summed E-state index contributed by atoms with van der Waals surface area (Å²) in [5, 5.41) is 14.0. The zero-order valence-electron chi connectivity index (χ0n) is 10.4. The summed E-state index contributed by atoms with van der Waals surface area (Å²) in [6, 6.07) is 14.9. The number of pyridine rings is 1. The van der Waals surface area contributed by atoms with Gasteiger partial charge in [0, 0.05) is 29.0 Å². The molecule has 3 rings (SSSR count). The van der Waals surface area contributed by atoms with Crippen LogP contribution in [0.1, 0.15) is 5.69 Å². The van der Waals surface area contributed by atoms with Crippen molar-refractivity contribution >= 4 is 11.6 Å². The summed E-state index contributed by atoms with van der Waals surface area (Å²) in [5.74, 6) is 0. The molecule has 2 aromatic heterocycles. The van der Waals surface area contributed by atoms with E-state index in [2.05, 4.69) is 16.2 Å². The molecule has 0 N–H and O–H groups in total. The second-order valence-corrected chi connectivity index (χ2v) is 4.60.